The van der Waals surface area contributed by atoms with Crippen LogP contribution in [-0.4, -0.2) is 31.1 Å². The molecule has 0 radical (unpaired) electrons. The Bertz CT molecular complexity index is 430. The molecule has 17 heavy (non-hydrogen) atoms. The van der Waals surface area contributed by atoms with E-state index >= 15 is 0 Å². The number of aliphatic imine (C=N–C) groups is 1. The van der Waals surface area contributed by atoms with Gasteiger partial charge in [0.05, 0.1) is 0 Å². The van der Waals surface area contributed by atoms with E-state index in [1.165, 1.54) is 5.56 Å². The van der Waals surface area contributed by atoms with Gasteiger partial charge in [0.25, 0.3) is 0 Å². The highest BCUT2D eigenvalue weighted by atomic mass is 79.9. The van der Waals surface area contributed by atoms with Gasteiger partial charge in [-0.3, -0.25) is 0 Å². The summed E-state index contributed by atoms with van der Waals surface area (Å²) in [4.78, 5) is 4.65. The Morgan fingerprint density at radius 1 is 1.35 bits per heavy atom. The van der Waals surface area contributed by atoms with E-state index in [-0.39, 0.29) is 0 Å². The van der Waals surface area contributed by atoms with Crippen molar-refractivity contribution < 1.29 is 4.74 Å². The number of rotatable bonds is 2. The van der Waals surface area contributed by atoms with Crippen LogP contribution >= 0.6 is 15.9 Å². The lowest BCUT2D eigenvalue weighted by Gasteiger charge is -2.23. The first-order valence-corrected chi connectivity index (χ1v) is 6.79. The van der Waals surface area contributed by atoms with Gasteiger partial charge in [0, 0.05) is 17.4 Å². The van der Waals surface area contributed by atoms with Crippen molar-refractivity contribution in [3.05, 3.63) is 34.3 Å². The molecule has 3 nitrogen and oxygen atoms in total. The van der Waals surface area contributed by atoms with E-state index in [1.807, 2.05) is 0 Å². The number of halogens is 1. The topological polar surface area (TPSA) is 33.6 Å². The molecule has 1 fully saturated rings. The average Bonchev–Trinajstić information content (AvgIpc) is 2.74. The Kier molecular flexibility index (Phi) is 3.16. The monoisotopic (exact) mass is 294 g/mol. The smallest absolute Gasteiger partial charge is 0.188 e. The van der Waals surface area contributed by atoms with E-state index in [9.17, 15) is 0 Å². The third-order valence-electron chi connectivity index (χ3n) is 3.25. The maximum atomic E-state index is 5.90. The van der Waals surface area contributed by atoms with Crippen LogP contribution in [0, 0.1) is 0 Å². The number of nitrogens with zero attached hydrogens (tertiary/aromatic N) is 1. The van der Waals surface area contributed by atoms with Gasteiger partial charge in [0.2, 0.25) is 0 Å². The van der Waals surface area contributed by atoms with Crippen LogP contribution in [0.25, 0.3) is 0 Å². The molecule has 1 aromatic rings. The van der Waals surface area contributed by atoms with Crippen molar-refractivity contribution in [2.75, 3.05) is 13.1 Å². The Morgan fingerprint density at radius 3 is 2.94 bits per heavy atom. The first-order chi connectivity index (χ1) is 8.31. The Balaban J connectivity index is 1.68. The van der Waals surface area contributed by atoms with E-state index in [0.717, 1.165) is 36.3 Å². The van der Waals surface area contributed by atoms with Crippen molar-refractivity contribution in [3.8, 4) is 0 Å². The van der Waals surface area contributed by atoms with E-state index < -0.39 is 0 Å². The zero-order chi connectivity index (χ0) is 11.7. The maximum Gasteiger partial charge on any atom is 0.188 e. The highest BCUT2D eigenvalue weighted by Crippen LogP contribution is 2.21. The van der Waals surface area contributed by atoms with Crippen LogP contribution in [0.15, 0.2) is 33.7 Å². The summed E-state index contributed by atoms with van der Waals surface area (Å²) in [6, 6.07) is 8.65. The summed E-state index contributed by atoms with van der Waals surface area (Å²) in [6.45, 7) is 2.00. The number of fused-ring (bicyclic) bond motifs is 1. The van der Waals surface area contributed by atoms with Crippen molar-refractivity contribution in [2.45, 2.75) is 25.0 Å². The second-order valence-electron chi connectivity index (χ2n) is 4.54. The fourth-order valence-electron chi connectivity index (χ4n) is 2.34. The van der Waals surface area contributed by atoms with Gasteiger partial charge in [0.15, 0.2) is 5.90 Å². The molecular weight excluding hydrogens is 280 g/mol. The van der Waals surface area contributed by atoms with Gasteiger partial charge in [0.1, 0.15) is 12.1 Å². The van der Waals surface area contributed by atoms with Gasteiger partial charge >= 0.3 is 0 Å². The molecule has 1 saturated heterocycles. The van der Waals surface area contributed by atoms with Crippen LogP contribution in [0.1, 0.15) is 12.0 Å². The zero-order valence-electron chi connectivity index (χ0n) is 9.53. The number of hydrogen-bond donors (Lipinski definition) is 1. The molecule has 0 saturated carbocycles. The summed E-state index contributed by atoms with van der Waals surface area (Å²) >= 11 is 3.44. The molecule has 0 bridgehead atoms. The molecule has 0 amide bonds. The van der Waals surface area contributed by atoms with Crippen LogP contribution in [-0.2, 0) is 11.2 Å². The lowest BCUT2D eigenvalue weighted by molar-refractivity contribution is 0.158. The average molecular weight is 295 g/mol. The van der Waals surface area contributed by atoms with Gasteiger partial charge in [-0.25, -0.2) is 4.99 Å². The number of hydrogen-bond acceptors (Lipinski definition) is 3. The fraction of sp³-hybridized carbons (Fsp3) is 0.462. The Morgan fingerprint density at radius 2 is 2.18 bits per heavy atom. The molecule has 1 N–H and O–H groups in total. The molecule has 2 heterocycles. The fourth-order valence-corrected chi connectivity index (χ4v) is 2.60. The molecule has 0 spiro atoms. The van der Waals surface area contributed by atoms with Gasteiger partial charge in [-0.1, -0.05) is 28.1 Å². The molecular formula is C13H15BrN2O. The molecule has 2 aliphatic heterocycles. The normalized spacial score (nSPS) is 27.2. The minimum Gasteiger partial charge on any atom is -0.475 e. The highest BCUT2D eigenvalue weighted by molar-refractivity contribution is 9.10. The van der Waals surface area contributed by atoms with E-state index in [4.69, 9.17) is 4.74 Å². The standard InChI is InChI=1S/C13H15BrN2O/c14-10-3-1-9(2-4-10)7-13-16-11-8-15-6-5-12(11)17-13/h1-4,11-12,15H,5-8H2. The molecule has 2 aliphatic rings. The molecule has 3 rings (SSSR count). The predicted octanol–water partition coefficient (Wildman–Crippen LogP) is 2.15. The van der Waals surface area contributed by atoms with Crippen LogP contribution < -0.4 is 5.32 Å². The van der Waals surface area contributed by atoms with Crippen molar-refractivity contribution >= 4 is 21.8 Å². The quantitative estimate of drug-likeness (QED) is 0.907. The molecule has 90 valence electrons. The minimum absolute atomic E-state index is 0.307. The highest BCUT2D eigenvalue weighted by Gasteiger charge is 2.32. The number of piperidine rings is 1. The second-order valence-corrected chi connectivity index (χ2v) is 5.46. The maximum absolute atomic E-state index is 5.90. The summed E-state index contributed by atoms with van der Waals surface area (Å²) in [5.41, 5.74) is 1.25. The number of ether oxygens (including phenoxy) is 1. The van der Waals surface area contributed by atoms with Crippen molar-refractivity contribution in [3.63, 3.8) is 0 Å². The summed E-state index contributed by atoms with van der Waals surface area (Å²) in [5, 5.41) is 3.35. The van der Waals surface area contributed by atoms with Crippen LogP contribution in [0.4, 0.5) is 0 Å². The third kappa shape index (κ3) is 2.53. The van der Waals surface area contributed by atoms with Gasteiger partial charge in [-0.2, -0.15) is 0 Å². The van der Waals surface area contributed by atoms with Gasteiger partial charge in [-0.05, 0) is 30.7 Å². The largest absolute Gasteiger partial charge is 0.475 e. The van der Waals surface area contributed by atoms with Crippen molar-refractivity contribution in [2.24, 2.45) is 4.99 Å². The number of nitrogens with one attached hydrogen (secondary N) is 1. The third-order valence-corrected chi connectivity index (χ3v) is 3.78. The molecule has 1 aromatic carbocycles. The Hall–Kier alpha value is -0.870. The lowest BCUT2D eigenvalue weighted by Crippen LogP contribution is -2.41. The zero-order valence-corrected chi connectivity index (χ0v) is 11.1. The van der Waals surface area contributed by atoms with Gasteiger partial charge in [-0.15, -0.1) is 0 Å². The van der Waals surface area contributed by atoms with Crippen LogP contribution in [0.2, 0.25) is 0 Å². The van der Waals surface area contributed by atoms with Gasteiger partial charge < -0.3 is 10.1 Å². The van der Waals surface area contributed by atoms with E-state index in [2.05, 4.69) is 50.5 Å². The van der Waals surface area contributed by atoms with Crippen molar-refractivity contribution in [1.29, 1.82) is 0 Å². The minimum atomic E-state index is 0.307. The first-order valence-electron chi connectivity index (χ1n) is 6.00. The van der Waals surface area contributed by atoms with E-state index in [0.29, 0.717) is 12.1 Å². The molecule has 2 atom stereocenters. The summed E-state index contributed by atoms with van der Waals surface area (Å²) in [7, 11) is 0. The first kappa shape index (κ1) is 11.2. The predicted molar refractivity (Wildman–Crippen MR) is 71.4 cm³/mol. The summed E-state index contributed by atoms with van der Waals surface area (Å²) in [5.74, 6) is 0.894. The summed E-state index contributed by atoms with van der Waals surface area (Å²) in [6.07, 6.45) is 2.18. The van der Waals surface area contributed by atoms with Crippen LogP contribution in [0.5, 0.6) is 0 Å². The van der Waals surface area contributed by atoms with E-state index in [1.54, 1.807) is 0 Å². The second kappa shape index (κ2) is 4.78. The Labute approximate surface area is 109 Å². The number of benzene rings is 1. The molecule has 0 aromatic heterocycles. The molecule has 2 unspecified atom stereocenters. The SMILES string of the molecule is Brc1ccc(CC2=NC3CNCCC3O2)cc1. The molecule has 0 aliphatic carbocycles. The van der Waals surface area contributed by atoms with Crippen molar-refractivity contribution in [1.82, 2.24) is 5.32 Å². The van der Waals surface area contributed by atoms with Crippen LogP contribution in [0.3, 0.4) is 0 Å². The molecule has 4 heteroatoms. The summed E-state index contributed by atoms with van der Waals surface area (Å²) < 4.78 is 7.00. The lowest BCUT2D eigenvalue weighted by atomic mass is 10.1.